The van der Waals surface area contributed by atoms with Gasteiger partial charge in [0.15, 0.2) is 11.5 Å². The highest BCUT2D eigenvalue weighted by Crippen LogP contribution is 2.34. The van der Waals surface area contributed by atoms with Crippen molar-refractivity contribution in [1.82, 2.24) is 4.98 Å². The van der Waals surface area contributed by atoms with Crippen molar-refractivity contribution in [2.45, 2.75) is 13.8 Å². The number of fused-ring (bicyclic) bond motifs is 1. The first-order valence-electron chi connectivity index (χ1n) is 7.63. The van der Waals surface area contributed by atoms with Crippen molar-refractivity contribution >= 4 is 17.3 Å². The van der Waals surface area contributed by atoms with Crippen LogP contribution in [0.5, 0.6) is 11.5 Å². The standard InChI is InChI=1S/C17H19N3O3/c1-3-20(4-2)13-7-8-18-14(10-13)17(21)19-12-5-6-15-16(9-12)23-11-22-15/h5-10H,3-4,11H2,1-2H3,(H,19,21). The van der Waals surface area contributed by atoms with Gasteiger partial charge in [-0.15, -0.1) is 0 Å². The van der Waals surface area contributed by atoms with Gasteiger partial charge in [-0.1, -0.05) is 0 Å². The summed E-state index contributed by atoms with van der Waals surface area (Å²) in [6.07, 6.45) is 1.65. The maximum Gasteiger partial charge on any atom is 0.274 e. The van der Waals surface area contributed by atoms with Crippen molar-refractivity contribution in [2.75, 3.05) is 30.1 Å². The van der Waals surface area contributed by atoms with Crippen LogP contribution in [0.1, 0.15) is 24.3 Å². The number of anilines is 2. The van der Waals surface area contributed by atoms with Crippen LogP contribution >= 0.6 is 0 Å². The summed E-state index contributed by atoms with van der Waals surface area (Å²) < 4.78 is 10.6. The van der Waals surface area contributed by atoms with Crippen LogP contribution in [0.3, 0.4) is 0 Å². The zero-order valence-electron chi connectivity index (χ0n) is 13.2. The van der Waals surface area contributed by atoms with Crippen LogP contribution < -0.4 is 19.7 Å². The van der Waals surface area contributed by atoms with E-state index < -0.39 is 0 Å². The monoisotopic (exact) mass is 313 g/mol. The molecule has 0 bridgehead atoms. The molecule has 0 saturated carbocycles. The van der Waals surface area contributed by atoms with Crippen LogP contribution in [-0.4, -0.2) is 30.8 Å². The fourth-order valence-electron chi connectivity index (χ4n) is 2.50. The van der Waals surface area contributed by atoms with Crippen LogP contribution in [0, 0.1) is 0 Å². The Morgan fingerprint density at radius 2 is 1.96 bits per heavy atom. The molecule has 120 valence electrons. The molecule has 0 spiro atoms. The van der Waals surface area contributed by atoms with Gasteiger partial charge in [0, 0.05) is 36.7 Å². The van der Waals surface area contributed by atoms with E-state index in [0.717, 1.165) is 18.8 Å². The Morgan fingerprint density at radius 1 is 1.17 bits per heavy atom. The number of nitrogens with one attached hydrogen (secondary N) is 1. The molecule has 1 aliphatic heterocycles. The van der Waals surface area contributed by atoms with Gasteiger partial charge in [0.1, 0.15) is 5.69 Å². The van der Waals surface area contributed by atoms with E-state index >= 15 is 0 Å². The lowest BCUT2D eigenvalue weighted by Gasteiger charge is -2.21. The van der Waals surface area contributed by atoms with Crippen molar-refractivity contribution in [1.29, 1.82) is 0 Å². The smallest absolute Gasteiger partial charge is 0.274 e. The Labute approximate surface area is 135 Å². The van der Waals surface area contributed by atoms with E-state index in [9.17, 15) is 4.79 Å². The van der Waals surface area contributed by atoms with Crippen molar-refractivity contribution in [2.24, 2.45) is 0 Å². The number of amides is 1. The van der Waals surface area contributed by atoms with E-state index in [1.54, 1.807) is 30.5 Å². The number of carbonyl (C=O) groups is 1. The Balaban J connectivity index is 1.77. The summed E-state index contributed by atoms with van der Waals surface area (Å²) in [7, 11) is 0. The normalized spacial score (nSPS) is 12.1. The van der Waals surface area contributed by atoms with Crippen LogP contribution in [-0.2, 0) is 0 Å². The van der Waals surface area contributed by atoms with E-state index in [2.05, 4.69) is 29.0 Å². The average Bonchev–Trinajstić information content (AvgIpc) is 3.04. The fraction of sp³-hybridized carbons (Fsp3) is 0.294. The largest absolute Gasteiger partial charge is 0.454 e. The molecule has 1 amide bonds. The van der Waals surface area contributed by atoms with Gasteiger partial charge in [0.05, 0.1) is 0 Å². The van der Waals surface area contributed by atoms with E-state index in [-0.39, 0.29) is 12.7 Å². The Bertz CT molecular complexity index is 714. The molecule has 0 radical (unpaired) electrons. The second kappa shape index (κ2) is 6.56. The molecule has 1 aromatic carbocycles. The number of pyridine rings is 1. The zero-order valence-corrected chi connectivity index (χ0v) is 13.2. The highest BCUT2D eigenvalue weighted by Gasteiger charge is 2.15. The molecular formula is C17H19N3O3. The van der Waals surface area contributed by atoms with E-state index in [1.807, 2.05) is 6.07 Å². The van der Waals surface area contributed by atoms with Crippen molar-refractivity contribution in [3.8, 4) is 11.5 Å². The Morgan fingerprint density at radius 3 is 2.74 bits per heavy atom. The van der Waals surface area contributed by atoms with Gasteiger partial charge in [-0.3, -0.25) is 9.78 Å². The molecule has 3 rings (SSSR count). The zero-order chi connectivity index (χ0) is 16.2. The summed E-state index contributed by atoms with van der Waals surface area (Å²) in [6, 6.07) is 9.01. The molecule has 0 unspecified atom stereocenters. The maximum atomic E-state index is 12.4. The molecule has 2 aromatic rings. The number of carbonyl (C=O) groups excluding carboxylic acids is 1. The molecule has 6 heteroatoms. The minimum absolute atomic E-state index is 0.209. The van der Waals surface area contributed by atoms with Gasteiger partial charge < -0.3 is 19.7 Å². The summed E-state index contributed by atoms with van der Waals surface area (Å²) in [4.78, 5) is 18.7. The number of rotatable bonds is 5. The van der Waals surface area contributed by atoms with Gasteiger partial charge in [0.2, 0.25) is 6.79 Å². The third kappa shape index (κ3) is 3.21. The van der Waals surface area contributed by atoms with Crippen molar-refractivity contribution in [3.05, 3.63) is 42.2 Å². The third-order valence-corrected chi connectivity index (χ3v) is 3.74. The number of ether oxygens (including phenoxy) is 2. The van der Waals surface area contributed by atoms with Crippen molar-refractivity contribution < 1.29 is 14.3 Å². The number of benzene rings is 1. The molecule has 1 aromatic heterocycles. The Hall–Kier alpha value is -2.76. The van der Waals surface area contributed by atoms with Crippen LogP contribution in [0.25, 0.3) is 0 Å². The molecule has 2 heterocycles. The van der Waals surface area contributed by atoms with Gasteiger partial charge in [-0.05, 0) is 38.1 Å². The minimum atomic E-state index is -0.252. The summed E-state index contributed by atoms with van der Waals surface area (Å²) in [5.74, 6) is 1.06. The quantitative estimate of drug-likeness (QED) is 0.919. The number of hydrogen-bond donors (Lipinski definition) is 1. The molecule has 0 saturated heterocycles. The van der Waals surface area contributed by atoms with Gasteiger partial charge in [0.25, 0.3) is 5.91 Å². The predicted octanol–water partition coefficient (Wildman–Crippen LogP) is 2.91. The Kier molecular flexibility index (Phi) is 4.32. The lowest BCUT2D eigenvalue weighted by Crippen LogP contribution is -2.22. The van der Waals surface area contributed by atoms with Gasteiger partial charge in [-0.2, -0.15) is 0 Å². The van der Waals surface area contributed by atoms with E-state index in [0.29, 0.717) is 22.9 Å². The summed E-state index contributed by atoms with van der Waals surface area (Å²) >= 11 is 0. The SMILES string of the molecule is CCN(CC)c1ccnc(C(=O)Nc2ccc3c(c2)OCO3)c1. The second-order valence-electron chi connectivity index (χ2n) is 5.09. The third-order valence-electron chi connectivity index (χ3n) is 3.74. The first-order chi connectivity index (χ1) is 11.2. The summed E-state index contributed by atoms with van der Waals surface area (Å²) in [5.41, 5.74) is 2.02. The first-order valence-corrected chi connectivity index (χ1v) is 7.63. The highest BCUT2D eigenvalue weighted by molar-refractivity contribution is 6.03. The average molecular weight is 313 g/mol. The molecule has 1 N–H and O–H groups in total. The molecule has 0 fully saturated rings. The maximum absolute atomic E-state index is 12.4. The predicted molar refractivity (Wildman–Crippen MR) is 88.3 cm³/mol. The number of hydrogen-bond acceptors (Lipinski definition) is 5. The fourth-order valence-corrected chi connectivity index (χ4v) is 2.50. The molecule has 6 nitrogen and oxygen atoms in total. The molecule has 1 aliphatic rings. The van der Waals surface area contributed by atoms with E-state index in [1.165, 1.54) is 0 Å². The van der Waals surface area contributed by atoms with Gasteiger partial charge in [-0.25, -0.2) is 0 Å². The topological polar surface area (TPSA) is 63.7 Å². The molecule has 0 aliphatic carbocycles. The summed E-state index contributed by atoms with van der Waals surface area (Å²) in [6.45, 7) is 6.13. The molecule has 0 atom stereocenters. The number of aromatic nitrogens is 1. The minimum Gasteiger partial charge on any atom is -0.454 e. The highest BCUT2D eigenvalue weighted by atomic mass is 16.7. The van der Waals surface area contributed by atoms with Crippen LogP contribution in [0.4, 0.5) is 11.4 Å². The molecule has 23 heavy (non-hydrogen) atoms. The second-order valence-corrected chi connectivity index (χ2v) is 5.09. The van der Waals surface area contributed by atoms with Gasteiger partial charge >= 0.3 is 0 Å². The van der Waals surface area contributed by atoms with Crippen molar-refractivity contribution in [3.63, 3.8) is 0 Å². The van der Waals surface area contributed by atoms with Crippen LogP contribution in [0.2, 0.25) is 0 Å². The van der Waals surface area contributed by atoms with Crippen LogP contribution in [0.15, 0.2) is 36.5 Å². The molecular weight excluding hydrogens is 294 g/mol. The number of nitrogens with zero attached hydrogens (tertiary/aromatic N) is 2. The van der Waals surface area contributed by atoms with E-state index in [4.69, 9.17) is 9.47 Å². The first kappa shape index (κ1) is 15.1. The lowest BCUT2D eigenvalue weighted by molar-refractivity contribution is 0.102. The lowest BCUT2D eigenvalue weighted by atomic mass is 10.2. The summed E-state index contributed by atoms with van der Waals surface area (Å²) in [5, 5.41) is 2.83.